The fourth-order valence-electron chi connectivity index (χ4n) is 3.41. The number of amides is 2. The van der Waals surface area contributed by atoms with Crippen LogP contribution in [0.5, 0.6) is 0 Å². The zero-order valence-corrected chi connectivity index (χ0v) is 20.8. The number of hydrogen-bond acceptors (Lipinski definition) is 5. The number of carbonyl (C=O) groups is 2. The van der Waals surface area contributed by atoms with Gasteiger partial charge in [0.1, 0.15) is 0 Å². The van der Waals surface area contributed by atoms with Crippen molar-refractivity contribution in [1.82, 2.24) is 20.1 Å². The molecule has 3 rings (SSSR count). The Balaban J connectivity index is 1.66. The lowest BCUT2D eigenvalue weighted by Gasteiger charge is -2.21. The molecule has 0 bridgehead atoms. The maximum Gasteiger partial charge on any atom is 0.251 e. The van der Waals surface area contributed by atoms with Crippen LogP contribution in [0.2, 0.25) is 0 Å². The van der Waals surface area contributed by atoms with Gasteiger partial charge in [0.25, 0.3) is 5.91 Å². The van der Waals surface area contributed by atoms with Crippen LogP contribution in [0, 0.1) is 26.7 Å². The molecule has 0 spiro atoms. The molecule has 33 heavy (non-hydrogen) atoms. The Morgan fingerprint density at radius 3 is 2.45 bits per heavy atom. The zero-order chi connectivity index (χ0) is 24.1. The van der Waals surface area contributed by atoms with Gasteiger partial charge >= 0.3 is 0 Å². The van der Waals surface area contributed by atoms with E-state index in [1.54, 1.807) is 6.07 Å². The first-order valence-corrected chi connectivity index (χ1v) is 11.9. The maximum absolute atomic E-state index is 12.8. The summed E-state index contributed by atoms with van der Waals surface area (Å²) >= 11 is 1.31. The highest BCUT2D eigenvalue weighted by Gasteiger charge is 2.25. The second-order valence-electron chi connectivity index (χ2n) is 8.60. The molecule has 1 aromatic heterocycles. The normalized spacial score (nSPS) is 12.0. The van der Waals surface area contributed by atoms with Gasteiger partial charge < -0.3 is 15.2 Å². The zero-order valence-electron chi connectivity index (χ0n) is 20.0. The largest absolute Gasteiger partial charge is 0.342 e. The third-order valence-electron chi connectivity index (χ3n) is 5.50. The number of anilines is 1. The predicted octanol–water partition coefficient (Wildman–Crippen LogP) is 4.60. The van der Waals surface area contributed by atoms with E-state index in [0.29, 0.717) is 16.5 Å². The summed E-state index contributed by atoms with van der Waals surface area (Å²) < 4.78 is 1.84. The fourth-order valence-corrected chi connectivity index (χ4v) is 4.13. The molecule has 1 heterocycles. The van der Waals surface area contributed by atoms with Gasteiger partial charge in [-0.25, -0.2) is 0 Å². The number of nitrogens with one attached hydrogen (secondary N) is 2. The third kappa shape index (κ3) is 6.22. The lowest BCUT2D eigenvalue weighted by Crippen LogP contribution is -2.33. The monoisotopic (exact) mass is 465 g/mol. The molecule has 0 aliphatic carbocycles. The molecule has 0 fully saturated rings. The highest BCUT2D eigenvalue weighted by atomic mass is 32.2. The van der Waals surface area contributed by atoms with Crippen molar-refractivity contribution < 1.29 is 9.59 Å². The van der Waals surface area contributed by atoms with Gasteiger partial charge in [0.2, 0.25) is 5.91 Å². The van der Waals surface area contributed by atoms with Crippen LogP contribution in [-0.2, 0) is 11.8 Å². The summed E-state index contributed by atoms with van der Waals surface area (Å²) in [6.45, 7) is 10.1. The van der Waals surface area contributed by atoms with Crippen LogP contribution < -0.4 is 10.6 Å². The first kappa shape index (κ1) is 24.5. The molecule has 0 aliphatic rings. The average molecular weight is 466 g/mol. The summed E-state index contributed by atoms with van der Waals surface area (Å²) in [5.74, 6) is 0.708. The van der Waals surface area contributed by atoms with Crippen LogP contribution in [0.25, 0.3) is 0 Å². The molecular formula is C25H31N5O2S. The summed E-state index contributed by atoms with van der Waals surface area (Å²) in [6.07, 6.45) is 0. The Labute approximate surface area is 199 Å². The molecule has 0 saturated carbocycles. The van der Waals surface area contributed by atoms with Crippen molar-refractivity contribution in [2.75, 3.05) is 11.1 Å². The van der Waals surface area contributed by atoms with E-state index in [0.717, 1.165) is 16.8 Å². The molecule has 0 radical (unpaired) electrons. The van der Waals surface area contributed by atoms with E-state index in [1.807, 2.05) is 82.6 Å². The molecule has 0 aliphatic heterocycles. The summed E-state index contributed by atoms with van der Waals surface area (Å²) in [7, 11) is 1.85. The van der Waals surface area contributed by atoms with Crippen molar-refractivity contribution in [2.45, 2.75) is 45.8 Å². The molecule has 2 N–H and O–H groups in total. The van der Waals surface area contributed by atoms with Crippen LogP contribution in [0.4, 0.5) is 5.69 Å². The average Bonchev–Trinajstić information content (AvgIpc) is 3.12. The first-order valence-electron chi connectivity index (χ1n) is 10.9. The van der Waals surface area contributed by atoms with Crippen molar-refractivity contribution in [2.24, 2.45) is 13.0 Å². The maximum atomic E-state index is 12.8. The van der Waals surface area contributed by atoms with Crippen molar-refractivity contribution in [3.8, 4) is 0 Å². The Bertz CT molecular complexity index is 1160. The number of nitrogens with zero attached hydrogens (tertiary/aromatic N) is 3. The molecular weight excluding hydrogens is 434 g/mol. The minimum Gasteiger partial charge on any atom is -0.342 e. The minimum absolute atomic E-state index is 0.104. The summed E-state index contributed by atoms with van der Waals surface area (Å²) in [5, 5.41) is 15.2. The molecule has 0 unspecified atom stereocenters. The molecule has 2 aromatic carbocycles. The molecule has 3 aromatic rings. The molecule has 174 valence electrons. The summed E-state index contributed by atoms with van der Waals surface area (Å²) in [5.41, 5.74) is 4.73. The molecule has 7 nitrogen and oxygen atoms in total. The van der Waals surface area contributed by atoms with E-state index < -0.39 is 0 Å². The second-order valence-corrected chi connectivity index (χ2v) is 9.54. The number of thioether (sulfide) groups is 1. The van der Waals surface area contributed by atoms with Gasteiger partial charge in [-0.1, -0.05) is 49.4 Å². The lowest BCUT2D eigenvalue weighted by atomic mass is 10.0. The third-order valence-corrected chi connectivity index (χ3v) is 6.52. The Kier molecular flexibility index (Phi) is 7.92. The fraction of sp³-hybridized carbons (Fsp3) is 0.360. The Morgan fingerprint density at radius 2 is 1.79 bits per heavy atom. The second kappa shape index (κ2) is 10.7. The van der Waals surface area contributed by atoms with Gasteiger partial charge in [0.05, 0.1) is 11.8 Å². The number of aromatic nitrogens is 3. The molecule has 8 heteroatoms. The number of carbonyl (C=O) groups excluding carboxylic acids is 2. The quantitative estimate of drug-likeness (QED) is 0.475. The summed E-state index contributed by atoms with van der Waals surface area (Å²) in [4.78, 5) is 25.2. The number of aryl methyl sites for hydroxylation is 3. The van der Waals surface area contributed by atoms with E-state index in [4.69, 9.17) is 0 Å². The van der Waals surface area contributed by atoms with E-state index in [-0.39, 0.29) is 29.5 Å². The van der Waals surface area contributed by atoms with Crippen LogP contribution >= 0.6 is 11.8 Å². The smallest absolute Gasteiger partial charge is 0.251 e. The van der Waals surface area contributed by atoms with Crippen LogP contribution in [0.1, 0.15) is 52.8 Å². The number of hydrogen-bond donors (Lipinski definition) is 2. The van der Waals surface area contributed by atoms with Crippen molar-refractivity contribution >= 4 is 29.3 Å². The van der Waals surface area contributed by atoms with Gasteiger partial charge in [-0.2, -0.15) is 0 Å². The molecule has 0 saturated heterocycles. The van der Waals surface area contributed by atoms with Crippen molar-refractivity contribution in [3.63, 3.8) is 0 Å². The van der Waals surface area contributed by atoms with Crippen molar-refractivity contribution in [1.29, 1.82) is 0 Å². The summed E-state index contributed by atoms with van der Waals surface area (Å²) in [6, 6.07) is 13.0. The highest BCUT2D eigenvalue weighted by molar-refractivity contribution is 7.99. The highest BCUT2D eigenvalue weighted by Crippen LogP contribution is 2.25. The van der Waals surface area contributed by atoms with E-state index in [2.05, 4.69) is 20.8 Å². The molecule has 1 atom stereocenters. The topological polar surface area (TPSA) is 88.9 Å². The van der Waals surface area contributed by atoms with Gasteiger partial charge in [-0.3, -0.25) is 9.59 Å². The molecule has 2 amide bonds. The minimum atomic E-state index is -0.311. The van der Waals surface area contributed by atoms with Crippen LogP contribution in [0.15, 0.2) is 47.6 Å². The van der Waals surface area contributed by atoms with Crippen molar-refractivity contribution in [3.05, 3.63) is 70.5 Å². The number of benzene rings is 2. The lowest BCUT2D eigenvalue weighted by molar-refractivity contribution is -0.113. The Hall–Kier alpha value is -3.13. The standard InChI is InChI=1S/C25H31N5O2S/c1-15(2)22(27-24(32)19-9-7-8-16(3)12-19)23-28-29-25(30(23)6)33-14-21(31)26-20-11-10-17(4)18(5)13-20/h7-13,15,22H,14H2,1-6H3,(H,26,31)(H,27,32)/t22-/m0/s1. The van der Waals surface area contributed by atoms with E-state index >= 15 is 0 Å². The predicted molar refractivity (Wildman–Crippen MR) is 132 cm³/mol. The van der Waals surface area contributed by atoms with Crippen LogP contribution in [0.3, 0.4) is 0 Å². The SMILES string of the molecule is Cc1cccc(C(=O)N[C@H](c2nnc(SCC(=O)Nc3ccc(C)c(C)c3)n2C)C(C)C)c1. The Morgan fingerprint density at radius 1 is 1.03 bits per heavy atom. The number of rotatable bonds is 8. The van der Waals surface area contributed by atoms with Gasteiger partial charge in [-0.05, 0) is 62.1 Å². The van der Waals surface area contributed by atoms with E-state index in [9.17, 15) is 9.59 Å². The van der Waals surface area contributed by atoms with E-state index in [1.165, 1.54) is 17.3 Å². The van der Waals surface area contributed by atoms with Gasteiger partial charge in [-0.15, -0.1) is 10.2 Å². The van der Waals surface area contributed by atoms with Gasteiger partial charge in [0.15, 0.2) is 11.0 Å². The first-order chi connectivity index (χ1) is 15.7. The van der Waals surface area contributed by atoms with Gasteiger partial charge in [0, 0.05) is 18.3 Å². The van der Waals surface area contributed by atoms with Crippen LogP contribution in [-0.4, -0.2) is 32.3 Å².